The summed E-state index contributed by atoms with van der Waals surface area (Å²) in [7, 11) is 4.80. The summed E-state index contributed by atoms with van der Waals surface area (Å²) in [4.78, 5) is 0. The Labute approximate surface area is 57.3 Å². The summed E-state index contributed by atoms with van der Waals surface area (Å²) in [5.74, 6) is 0. The molecule has 0 aromatic carbocycles. The van der Waals surface area contributed by atoms with Gasteiger partial charge < -0.3 is 4.48 Å². The van der Waals surface area contributed by atoms with Crippen LogP contribution in [-0.4, -0.2) is 30.7 Å². The first-order valence-electron chi connectivity index (χ1n) is 4.04. The Balaban J connectivity index is 2.26. The number of quaternary nitrogens is 1. The van der Waals surface area contributed by atoms with E-state index in [-0.39, 0.29) is 0 Å². The van der Waals surface area contributed by atoms with E-state index in [1.807, 2.05) is 0 Å². The van der Waals surface area contributed by atoms with Crippen LogP contribution in [0.1, 0.15) is 25.7 Å². The second kappa shape index (κ2) is 1.51. The minimum absolute atomic E-state index is 1.02. The van der Waals surface area contributed by atoms with Crippen molar-refractivity contribution in [2.24, 2.45) is 0 Å². The lowest BCUT2D eigenvalue weighted by Crippen LogP contribution is -2.43. The molecule has 2 fully saturated rings. The van der Waals surface area contributed by atoms with Gasteiger partial charge in [-0.2, -0.15) is 0 Å². The highest BCUT2D eigenvalue weighted by molar-refractivity contribution is 4.82. The van der Waals surface area contributed by atoms with E-state index in [4.69, 9.17) is 0 Å². The number of hydrogen-bond donors (Lipinski definition) is 0. The van der Waals surface area contributed by atoms with Crippen molar-refractivity contribution in [3.8, 4) is 0 Å². The van der Waals surface area contributed by atoms with Gasteiger partial charge in [0.05, 0.1) is 26.2 Å². The summed E-state index contributed by atoms with van der Waals surface area (Å²) in [6.07, 6.45) is 5.99. The van der Waals surface area contributed by atoms with Crippen LogP contribution in [0.4, 0.5) is 0 Å². The molecule has 0 aromatic heterocycles. The van der Waals surface area contributed by atoms with E-state index >= 15 is 0 Å². The van der Waals surface area contributed by atoms with Gasteiger partial charge in [-0.3, -0.25) is 0 Å². The smallest absolute Gasteiger partial charge is 0.0892 e. The molecule has 2 saturated heterocycles. The molecule has 1 heteroatoms. The maximum atomic E-state index is 2.40. The van der Waals surface area contributed by atoms with E-state index in [1.54, 1.807) is 0 Å². The van der Waals surface area contributed by atoms with Gasteiger partial charge in [0.25, 0.3) is 0 Å². The average molecular weight is 126 g/mol. The summed E-state index contributed by atoms with van der Waals surface area (Å²) in [6, 6.07) is 2.05. The van der Waals surface area contributed by atoms with Gasteiger partial charge in [0.15, 0.2) is 0 Å². The van der Waals surface area contributed by atoms with Gasteiger partial charge in [0.2, 0.25) is 0 Å². The van der Waals surface area contributed by atoms with Gasteiger partial charge in [-0.25, -0.2) is 0 Å². The van der Waals surface area contributed by atoms with Crippen molar-refractivity contribution < 1.29 is 4.48 Å². The first-order valence-corrected chi connectivity index (χ1v) is 4.04. The normalized spacial score (nSPS) is 46.0. The van der Waals surface area contributed by atoms with E-state index in [2.05, 4.69) is 14.1 Å². The van der Waals surface area contributed by atoms with Gasteiger partial charge in [0, 0.05) is 25.7 Å². The molecule has 0 aromatic rings. The monoisotopic (exact) mass is 126 g/mol. The average Bonchev–Trinajstić information content (AvgIpc) is 2.24. The van der Waals surface area contributed by atoms with Crippen LogP contribution in [0.25, 0.3) is 0 Å². The predicted molar refractivity (Wildman–Crippen MR) is 38.2 cm³/mol. The van der Waals surface area contributed by atoms with Gasteiger partial charge in [-0.15, -0.1) is 0 Å². The molecule has 0 saturated carbocycles. The molecular formula is C8H16N+. The molecule has 2 aliphatic rings. The van der Waals surface area contributed by atoms with Crippen molar-refractivity contribution in [3.05, 3.63) is 0 Å². The van der Waals surface area contributed by atoms with E-state index < -0.39 is 0 Å². The zero-order valence-corrected chi connectivity index (χ0v) is 6.43. The Bertz CT molecular complexity index is 107. The molecule has 0 unspecified atom stereocenters. The standard InChI is InChI=1S/C8H16N/c1-9(2)7-3-4-8(9)6-5-7/h7-8H,3-6H2,1-2H3/q+1. The lowest BCUT2D eigenvalue weighted by Gasteiger charge is -2.29. The van der Waals surface area contributed by atoms with Crippen LogP contribution in [-0.2, 0) is 0 Å². The first-order chi connectivity index (χ1) is 4.21. The largest absolute Gasteiger partial charge is 0.324 e. The molecular weight excluding hydrogens is 110 g/mol. The molecule has 0 atom stereocenters. The molecule has 0 radical (unpaired) electrons. The van der Waals surface area contributed by atoms with Crippen molar-refractivity contribution >= 4 is 0 Å². The summed E-state index contributed by atoms with van der Waals surface area (Å²) >= 11 is 0. The van der Waals surface area contributed by atoms with Gasteiger partial charge in [0.1, 0.15) is 0 Å². The van der Waals surface area contributed by atoms with E-state index in [9.17, 15) is 0 Å². The number of rotatable bonds is 0. The lowest BCUT2D eigenvalue weighted by molar-refractivity contribution is -0.911. The minimum atomic E-state index is 1.02. The molecule has 0 aliphatic carbocycles. The highest BCUT2D eigenvalue weighted by atomic mass is 15.4. The van der Waals surface area contributed by atoms with E-state index in [0.29, 0.717) is 0 Å². The molecule has 0 amide bonds. The summed E-state index contributed by atoms with van der Waals surface area (Å²) in [5, 5.41) is 0. The van der Waals surface area contributed by atoms with Crippen LogP contribution in [0.2, 0.25) is 0 Å². The van der Waals surface area contributed by atoms with E-state index in [1.165, 1.54) is 30.2 Å². The fourth-order valence-electron chi connectivity index (χ4n) is 2.69. The highest BCUT2D eigenvalue weighted by Crippen LogP contribution is 2.41. The SMILES string of the molecule is C[N+]1(C)C2CCC1CC2. The Morgan fingerprint density at radius 3 is 1.33 bits per heavy atom. The third-order valence-electron chi connectivity index (χ3n) is 3.55. The summed E-state index contributed by atoms with van der Waals surface area (Å²) < 4.78 is 1.33. The van der Waals surface area contributed by atoms with Crippen LogP contribution >= 0.6 is 0 Å². The number of hydrogen-bond acceptors (Lipinski definition) is 0. The fourth-order valence-corrected chi connectivity index (χ4v) is 2.69. The van der Waals surface area contributed by atoms with Gasteiger partial charge in [-0.05, 0) is 0 Å². The molecule has 9 heavy (non-hydrogen) atoms. The van der Waals surface area contributed by atoms with E-state index in [0.717, 1.165) is 12.1 Å². The van der Waals surface area contributed by atoms with Gasteiger partial charge in [-0.1, -0.05) is 0 Å². The Kier molecular flexibility index (Phi) is 0.963. The van der Waals surface area contributed by atoms with Crippen molar-refractivity contribution in [2.45, 2.75) is 37.8 Å². The number of nitrogens with zero attached hydrogens (tertiary/aromatic N) is 1. The molecule has 0 spiro atoms. The molecule has 2 bridgehead atoms. The first kappa shape index (κ1) is 5.72. The zero-order chi connectivity index (χ0) is 6.48. The van der Waals surface area contributed by atoms with Crippen molar-refractivity contribution in [3.63, 3.8) is 0 Å². The molecule has 2 rings (SSSR count). The molecule has 52 valence electrons. The second-order valence-corrected chi connectivity index (χ2v) is 4.09. The van der Waals surface area contributed by atoms with Crippen LogP contribution < -0.4 is 0 Å². The van der Waals surface area contributed by atoms with Crippen LogP contribution in [0.15, 0.2) is 0 Å². The molecule has 0 N–H and O–H groups in total. The van der Waals surface area contributed by atoms with Crippen molar-refractivity contribution in [1.29, 1.82) is 0 Å². The van der Waals surface area contributed by atoms with Crippen molar-refractivity contribution in [2.75, 3.05) is 14.1 Å². The molecule has 1 nitrogen and oxygen atoms in total. The van der Waals surface area contributed by atoms with Crippen LogP contribution in [0, 0.1) is 0 Å². The lowest BCUT2D eigenvalue weighted by atomic mass is 10.0. The Hall–Kier alpha value is -0.0400. The molecule has 2 aliphatic heterocycles. The van der Waals surface area contributed by atoms with Crippen LogP contribution in [0.3, 0.4) is 0 Å². The maximum Gasteiger partial charge on any atom is 0.0892 e. The van der Waals surface area contributed by atoms with Crippen molar-refractivity contribution in [1.82, 2.24) is 0 Å². The highest BCUT2D eigenvalue weighted by Gasteiger charge is 2.48. The fraction of sp³-hybridized carbons (Fsp3) is 1.00. The second-order valence-electron chi connectivity index (χ2n) is 4.09. The quantitative estimate of drug-likeness (QED) is 0.430. The minimum Gasteiger partial charge on any atom is -0.324 e. The summed E-state index contributed by atoms with van der Waals surface area (Å²) in [5.41, 5.74) is 0. The summed E-state index contributed by atoms with van der Waals surface area (Å²) in [6.45, 7) is 0. The third-order valence-corrected chi connectivity index (χ3v) is 3.55. The molecule has 2 heterocycles. The zero-order valence-electron chi connectivity index (χ0n) is 6.43. The Morgan fingerprint density at radius 1 is 0.889 bits per heavy atom. The maximum absolute atomic E-state index is 2.40. The van der Waals surface area contributed by atoms with Crippen LogP contribution in [0.5, 0.6) is 0 Å². The topological polar surface area (TPSA) is 0 Å². The third kappa shape index (κ3) is 0.586. The predicted octanol–water partition coefficient (Wildman–Crippen LogP) is 1.39. The Morgan fingerprint density at radius 2 is 1.22 bits per heavy atom. The number of fused-ring (bicyclic) bond motifs is 2. The van der Waals surface area contributed by atoms with Gasteiger partial charge >= 0.3 is 0 Å².